The van der Waals surface area contributed by atoms with Crippen molar-refractivity contribution in [1.29, 1.82) is 0 Å². The number of nitrogens with two attached hydrogens (primary N) is 1. The third kappa shape index (κ3) is 1.86. The zero-order valence-electron chi connectivity index (χ0n) is 10.2. The molecule has 5 nitrogen and oxygen atoms in total. The molecule has 5 heteroatoms. The molecule has 2 heterocycles. The minimum absolute atomic E-state index is 0.347. The molecule has 0 saturated carbocycles. The summed E-state index contributed by atoms with van der Waals surface area (Å²) in [5.74, 6) is 2.10. The van der Waals surface area contributed by atoms with Gasteiger partial charge in [-0.25, -0.2) is 0 Å². The number of aryl methyl sites for hydroxylation is 1. The second-order valence-electron chi connectivity index (χ2n) is 4.34. The van der Waals surface area contributed by atoms with Crippen molar-refractivity contribution < 1.29 is 9.26 Å². The van der Waals surface area contributed by atoms with E-state index in [4.69, 9.17) is 15.0 Å². The molecule has 0 aliphatic carbocycles. The molecule has 1 aromatic carbocycles. The summed E-state index contributed by atoms with van der Waals surface area (Å²) in [5.41, 5.74) is 8.34. The third-order valence-electron chi connectivity index (χ3n) is 3.14. The van der Waals surface area contributed by atoms with Crippen LogP contribution in [0, 0.1) is 0 Å². The molecule has 1 aromatic heterocycles. The van der Waals surface area contributed by atoms with Crippen molar-refractivity contribution in [3.8, 4) is 5.75 Å². The lowest BCUT2D eigenvalue weighted by molar-refractivity contribution is 0.357. The van der Waals surface area contributed by atoms with E-state index in [1.54, 1.807) is 0 Å². The predicted molar refractivity (Wildman–Crippen MR) is 65.3 cm³/mol. The van der Waals surface area contributed by atoms with Gasteiger partial charge < -0.3 is 15.0 Å². The summed E-state index contributed by atoms with van der Waals surface area (Å²) in [5, 5.41) is 3.91. The molecule has 0 saturated heterocycles. The molecule has 94 valence electrons. The Morgan fingerprint density at radius 1 is 1.44 bits per heavy atom. The first-order chi connectivity index (χ1) is 8.78. The average Bonchev–Trinajstić information content (AvgIpc) is 3.05. The first kappa shape index (κ1) is 11.2. The van der Waals surface area contributed by atoms with E-state index in [1.807, 2.05) is 19.1 Å². The largest absolute Gasteiger partial charge is 0.493 e. The number of aromatic nitrogens is 2. The maximum absolute atomic E-state index is 6.15. The summed E-state index contributed by atoms with van der Waals surface area (Å²) in [6.45, 7) is 2.71. The Hall–Kier alpha value is -1.88. The molecule has 3 rings (SSSR count). The summed E-state index contributed by atoms with van der Waals surface area (Å²) in [7, 11) is 0. The Bertz CT molecular complexity index is 565. The molecule has 18 heavy (non-hydrogen) atoms. The average molecular weight is 245 g/mol. The number of nitrogens with zero attached hydrogens (tertiary/aromatic N) is 2. The number of hydrogen-bond acceptors (Lipinski definition) is 5. The van der Waals surface area contributed by atoms with E-state index >= 15 is 0 Å². The molecular formula is C13H15N3O2. The normalized spacial score (nSPS) is 15.2. The minimum Gasteiger partial charge on any atom is -0.493 e. The molecule has 1 atom stereocenters. The van der Waals surface area contributed by atoms with E-state index in [9.17, 15) is 0 Å². The van der Waals surface area contributed by atoms with Gasteiger partial charge >= 0.3 is 0 Å². The van der Waals surface area contributed by atoms with Crippen LogP contribution in [0.5, 0.6) is 5.75 Å². The fourth-order valence-corrected chi connectivity index (χ4v) is 2.09. The highest BCUT2D eigenvalue weighted by Gasteiger charge is 2.19. The second kappa shape index (κ2) is 4.42. The van der Waals surface area contributed by atoms with Gasteiger partial charge in [0.1, 0.15) is 5.75 Å². The maximum Gasteiger partial charge on any atom is 0.226 e. The molecule has 1 aliphatic rings. The Morgan fingerprint density at radius 2 is 2.33 bits per heavy atom. The van der Waals surface area contributed by atoms with Gasteiger partial charge in [-0.1, -0.05) is 18.1 Å². The third-order valence-corrected chi connectivity index (χ3v) is 3.14. The van der Waals surface area contributed by atoms with Crippen LogP contribution in [0.15, 0.2) is 22.7 Å². The van der Waals surface area contributed by atoms with Crippen molar-refractivity contribution >= 4 is 0 Å². The van der Waals surface area contributed by atoms with Crippen LogP contribution in [-0.2, 0) is 12.8 Å². The molecule has 2 aromatic rings. The summed E-state index contributed by atoms with van der Waals surface area (Å²) >= 11 is 0. The SMILES string of the molecule is CCc1nc(C(N)c2ccc3c(c2)CCO3)no1. The lowest BCUT2D eigenvalue weighted by Crippen LogP contribution is -2.13. The molecule has 2 N–H and O–H groups in total. The van der Waals surface area contributed by atoms with Crippen LogP contribution < -0.4 is 10.5 Å². The first-order valence-electron chi connectivity index (χ1n) is 6.11. The number of fused-ring (bicyclic) bond motifs is 1. The highest BCUT2D eigenvalue weighted by atomic mass is 16.5. The Balaban J connectivity index is 1.89. The maximum atomic E-state index is 6.15. The summed E-state index contributed by atoms with van der Waals surface area (Å²) in [4.78, 5) is 4.26. The number of ether oxygens (including phenoxy) is 1. The van der Waals surface area contributed by atoms with Crippen LogP contribution in [-0.4, -0.2) is 16.7 Å². The van der Waals surface area contributed by atoms with Gasteiger partial charge in [-0.05, 0) is 23.3 Å². The van der Waals surface area contributed by atoms with Crippen LogP contribution in [0.1, 0.15) is 35.8 Å². The molecule has 0 radical (unpaired) electrons. The van der Waals surface area contributed by atoms with Crippen LogP contribution >= 0.6 is 0 Å². The van der Waals surface area contributed by atoms with Crippen LogP contribution in [0.4, 0.5) is 0 Å². The van der Waals surface area contributed by atoms with Crippen molar-refractivity contribution in [3.05, 3.63) is 41.0 Å². The number of benzene rings is 1. The molecule has 0 fully saturated rings. The Labute approximate surface area is 105 Å². The molecule has 1 aliphatic heterocycles. The number of hydrogen-bond donors (Lipinski definition) is 1. The Kier molecular flexibility index (Phi) is 2.76. The summed E-state index contributed by atoms with van der Waals surface area (Å²) < 4.78 is 10.6. The van der Waals surface area contributed by atoms with Gasteiger partial charge in [0, 0.05) is 12.8 Å². The molecular weight excluding hydrogens is 230 g/mol. The first-order valence-corrected chi connectivity index (χ1v) is 6.11. The fourth-order valence-electron chi connectivity index (χ4n) is 2.09. The van der Waals surface area contributed by atoms with Gasteiger partial charge in [-0.3, -0.25) is 0 Å². The van der Waals surface area contributed by atoms with E-state index < -0.39 is 0 Å². The molecule has 0 amide bonds. The quantitative estimate of drug-likeness (QED) is 0.889. The van der Waals surface area contributed by atoms with Gasteiger partial charge in [-0.2, -0.15) is 4.98 Å². The predicted octanol–water partition coefficient (Wildman–Crippen LogP) is 1.61. The van der Waals surface area contributed by atoms with Crippen molar-refractivity contribution in [2.24, 2.45) is 5.73 Å². The zero-order chi connectivity index (χ0) is 12.5. The topological polar surface area (TPSA) is 74.2 Å². The highest BCUT2D eigenvalue weighted by molar-refractivity contribution is 5.41. The van der Waals surface area contributed by atoms with Crippen molar-refractivity contribution in [1.82, 2.24) is 10.1 Å². The lowest BCUT2D eigenvalue weighted by Gasteiger charge is -2.08. The van der Waals surface area contributed by atoms with Crippen LogP contribution in [0.3, 0.4) is 0 Å². The Morgan fingerprint density at radius 3 is 3.11 bits per heavy atom. The highest BCUT2D eigenvalue weighted by Crippen LogP contribution is 2.28. The van der Waals surface area contributed by atoms with Gasteiger partial charge in [0.05, 0.1) is 12.6 Å². The van der Waals surface area contributed by atoms with E-state index in [2.05, 4.69) is 16.2 Å². The van der Waals surface area contributed by atoms with Gasteiger partial charge in [0.15, 0.2) is 5.82 Å². The van der Waals surface area contributed by atoms with Crippen molar-refractivity contribution in [2.75, 3.05) is 6.61 Å². The molecule has 1 unspecified atom stereocenters. The van der Waals surface area contributed by atoms with Crippen molar-refractivity contribution in [3.63, 3.8) is 0 Å². The fraction of sp³-hybridized carbons (Fsp3) is 0.385. The molecule has 0 bridgehead atoms. The molecule has 0 spiro atoms. The van der Waals surface area contributed by atoms with Gasteiger partial charge in [-0.15, -0.1) is 0 Å². The van der Waals surface area contributed by atoms with E-state index in [0.29, 0.717) is 11.7 Å². The monoisotopic (exact) mass is 245 g/mol. The lowest BCUT2D eigenvalue weighted by atomic mass is 10.0. The summed E-state index contributed by atoms with van der Waals surface area (Å²) in [6.07, 6.45) is 1.65. The van der Waals surface area contributed by atoms with Gasteiger partial charge in [0.25, 0.3) is 0 Å². The zero-order valence-corrected chi connectivity index (χ0v) is 10.2. The number of rotatable bonds is 3. The minimum atomic E-state index is -0.347. The van der Waals surface area contributed by atoms with Gasteiger partial charge in [0.2, 0.25) is 5.89 Å². The van der Waals surface area contributed by atoms with E-state index in [-0.39, 0.29) is 6.04 Å². The smallest absolute Gasteiger partial charge is 0.226 e. The van der Waals surface area contributed by atoms with Crippen LogP contribution in [0.2, 0.25) is 0 Å². The van der Waals surface area contributed by atoms with E-state index in [0.717, 1.165) is 30.8 Å². The van der Waals surface area contributed by atoms with E-state index in [1.165, 1.54) is 5.56 Å². The summed E-state index contributed by atoms with van der Waals surface area (Å²) in [6, 6.07) is 5.63. The van der Waals surface area contributed by atoms with Crippen LogP contribution in [0.25, 0.3) is 0 Å². The second-order valence-corrected chi connectivity index (χ2v) is 4.34. The van der Waals surface area contributed by atoms with Crippen molar-refractivity contribution in [2.45, 2.75) is 25.8 Å². The standard InChI is InChI=1S/C13H15N3O2/c1-2-11-15-13(16-18-11)12(14)9-3-4-10-8(7-9)5-6-17-10/h3-4,7,12H,2,5-6,14H2,1H3.